The van der Waals surface area contributed by atoms with Crippen LogP contribution in [-0.2, 0) is 11.3 Å². The Labute approximate surface area is 102 Å². The fourth-order valence-corrected chi connectivity index (χ4v) is 1.46. The lowest BCUT2D eigenvalue weighted by molar-refractivity contribution is 0.0756. The molecule has 1 aromatic carbocycles. The molecule has 0 fully saturated rings. The number of likely N-dealkylation sites (N-methyl/N-ethyl adjacent to an activating group) is 1. The molecule has 1 N–H and O–H groups in total. The maximum Gasteiger partial charge on any atom is 0.410 e. The molecule has 1 atom stereocenters. The van der Waals surface area contributed by atoms with Gasteiger partial charge in [-0.25, -0.2) is 4.79 Å². The average Bonchev–Trinajstić information content (AvgIpc) is 2.34. The highest BCUT2D eigenvalue weighted by Gasteiger charge is 2.14. The quantitative estimate of drug-likeness (QED) is 0.852. The van der Waals surface area contributed by atoms with Crippen LogP contribution in [0.4, 0.5) is 4.79 Å². The minimum absolute atomic E-state index is 0.260. The SMILES string of the molecule is CCN(C[C@H](C)O)C(=O)OCc1ccccc1. The largest absolute Gasteiger partial charge is 0.445 e. The second-order valence-corrected chi connectivity index (χ2v) is 3.93. The van der Waals surface area contributed by atoms with E-state index in [9.17, 15) is 9.90 Å². The average molecular weight is 237 g/mol. The number of hydrogen-bond donors (Lipinski definition) is 1. The van der Waals surface area contributed by atoms with Gasteiger partial charge in [-0.2, -0.15) is 0 Å². The zero-order chi connectivity index (χ0) is 12.7. The van der Waals surface area contributed by atoms with E-state index in [0.29, 0.717) is 13.1 Å². The third-order valence-corrected chi connectivity index (χ3v) is 2.33. The van der Waals surface area contributed by atoms with Gasteiger partial charge in [-0.1, -0.05) is 30.3 Å². The summed E-state index contributed by atoms with van der Waals surface area (Å²) in [5, 5.41) is 9.24. The third kappa shape index (κ3) is 4.87. The molecule has 4 nitrogen and oxygen atoms in total. The minimum Gasteiger partial charge on any atom is -0.445 e. The molecule has 1 aromatic rings. The van der Waals surface area contributed by atoms with E-state index in [4.69, 9.17) is 4.74 Å². The summed E-state index contributed by atoms with van der Waals surface area (Å²) in [5.41, 5.74) is 0.953. The van der Waals surface area contributed by atoms with Crippen molar-refractivity contribution in [1.82, 2.24) is 4.90 Å². The van der Waals surface area contributed by atoms with Crippen molar-refractivity contribution in [2.75, 3.05) is 13.1 Å². The van der Waals surface area contributed by atoms with Gasteiger partial charge >= 0.3 is 6.09 Å². The zero-order valence-electron chi connectivity index (χ0n) is 10.3. The number of rotatable bonds is 5. The van der Waals surface area contributed by atoms with Crippen molar-refractivity contribution in [2.45, 2.75) is 26.6 Å². The Morgan fingerprint density at radius 1 is 1.41 bits per heavy atom. The Morgan fingerprint density at radius 2 is 2.06 bits per heavy atom. The van der Waals surface area contributed by atoms with Gasteiger partial charge in [-0.05, 0) is 19.4 Å². The molecule has 0 spiro atoms. The van der Waals surface area contributed by atoms with Crippen molar-refractivity contribution >= 4 is 6.09 Å². The number of benzene rings is 1. The van der Waals surface area contributed by atoms with Crippen LogP contribution in [0.5, 0.6) is 0 Å². The lowest BCUT2D eigenvalue weighted by Crippen LogP contribution is -2.36. The van der Waals surface area contributed by atoms with Gasteiger partial charge < -0.3 is 14.7 Å². The van der Waals surface area contributed by atoms with Crippen LogP contribution in [0.2, 0.25) is 0 Å². The number of aliphatic hydroxyl groups is 1. The van der Waals surface area contributed by atoms with Crippen molar-refractivity contribution in [3.8, 4) is 0 Å². The Morgan fingerprint density at radius 3 is 2.59 bits per heavy atom. The first kappa shape index (κ1) is 13.5. The van der Waals surface area contributed by atoms with Gasteiger partial charge in [0, 0.05) is 13.1 Å². The van der Waals surface area contributed by atoms with Crippen LogP contribution < -0.4 is 0 Å². The number of aliphatic hydroxyl groups excluding tert-OH is 1. The summed E-state index contributed by atoms with van der Waals surface area (Å²) in [5.74, 6) is 0. The first-order valence-corrected chi connectivity index (χ1v) is 5.77. The highest BCUT2D eigenvalue weighted by molar-refractivity contribution is 5.67. The Hall–Kier alpha value is -1.55. The molecule has 0 saturated heterocycles. The highest BCUT2D eigenvalue weighted by Crippen LogP contribution is 2.03. The van der Waals surface area contributed by atoms with Gasteiger partial charge in [-0.3, -0.25) is 0 Å². The standard InChI is InChI=1S/C13H19NO3/c1-3-14(9-11(2)15)13(16)17-10-12-7-5-4-6-8-12/h4-8,11,15H,3,9-10H2,1-2H3/t11-/m0/s1. The molecule has 0 radical (unpaired) electrons. The first-order chi connectivity index (χ1) is 8.13. The molecule has 0 aliphatic rings. The molecule has 0 saturated carbocycles. The normalized spacial score (nSPS) is 11.9. The minimum atomic E-state index is -0.542. The fraction of sp³-hybridized carbons (Fsp3) is 0.462. The molecule has 0 heterocycles. The van der Waals surface area contributed by atoms with E-state index in [0.717, 1.165) is 5.56 Å². The molecule has 94 valence electrons. The van der Waals surface area contributed by atoms with Crippen LogP contribution >= 0.6 is 0 Å². The summed E-state index contributed by atoms with van der Waals surface area (Å²) in [4.78, 5) is 13.2. The lowest BCUT2D eigenvalue weighted by Gasteiger charge is -2.21. The molecule has 17 heavy (non-hydrogen) atoms. The summed E-state index contributed by atoms with van der Waals surface area (Å²) in [7, 11) is 0. The molecule has 0 unspecified atom stereocenters. The van der Waals surface area contributed by atoms with Crippen molar-refractivity contribution in [3.63, 3.8) is 0 Å². The second kappa shape index (κ2) is 6.91. The molecule has 1 rings (SSSR count). The number of carbonyl (C=O) groups excluding carboxylic acids is 1. The van der Waals surface area contributed by atoms with E-state index in [2.05, 4.69) is 0 Å². The summed E-state index contributed by atoms with van der Waals surface area (Å²) in [6.07, 6.45) is -0.934. The Bertz CT molecular complexity index is 338. The van der Waals surface area contributed by atoms with Crippen LogP contribution in [0.1, 0.15) is 19.4 Å². The predicted octanol–water partition coefficient (Wildman–Crippen LogP) is 2.03. The monoisotopic (exact) mass is 237 g/mol. The summed E-state index contributed by atoms with van der Waals surface area (Å²) >= 11 is 0. The second-order valence-electron chi connectivity index (χ2n) is 3.93. The number of hydrogen-bond acceptors (Lipinski definition) is 3. The summed E-state index contributed by atoms with van der Waals surface area (Å²) < 4.78 is 5.16. The number of carbonyl (C=O) groups is 1. The first-order valence-electron chi connectivity index (χ1n) is 5.77. The molecular formula is C13H19NO3. The third-order valence-electron chi connectivity index (χ3n) is 2.33. The van der Waals surface area contributed by atoms with E-state index in [1.54, 1.807) is 6.92 Å². The van der Waals surface area contributed by atoms with Crippen LogP contribution in [0.15, 0.2) is 30.3 Å². The Kier molecular flexibility index (Phi) is 5.49. The molecule has 4 heteroatoms. The van der Waals surface area contributed by atoms with Gasteiger partial charge in [0.1, 0.15) is 6.61 Å². The van der Waals surface area contributed by atoms with Crippen LogP contribution in [0, 0.1) is 0 Å². The van der Waals surface area contributed by atoms with Gasteiger partial charge in [0.2, 0.25) is 0 Å². The van der Waals surface area contributed by atoms with Crippen molar-refractivity contribution in [1.29, 1.82) is 0 Å². The zero-order valence-corrected chi connectivity index (χ0v) is 10.3. The topological polar surface area (TPSA) is 49.8 Å². The van der Waals surface area contributed by atoms with Crippen LogP contribution in [0.3, 0.4) is 0 Å². The maximum atomic E-state index is 11.7. The predicted molar refractivity (Wildman–Crippen MR) is 65.6 cm³/mol. The maximum absolute atomic E-state index is 11.7. The number of nitrogens with zero attached hydrogens (tertiary/aromatic N) is 1. The summed E-state index contributed by atoms with van der Waals surface area (Å²) in [6.45, 7) is 4.58. The fourth-order valence-electron chi connectivity index (χ4n) is 1.46. The van der Waals surface area contributed by atoms with Crippen molar-refractivity contribution in [2.24, 2.45) is 0 Å². The molecular weight excluding hydrogens is 218 g/mol. The van der Waals surface area contributed by atoms with Gasteiger partial charge in [0.25, 0.3) is 0 Å². The summed E-state index contributed by atoms with van der Waals surface area (Å²) in [6, 6.07) is 9.51. The molecule has 0 bridgehead atoms. The molecule has 0 aliphatic heterocycles. The van der Waals surface area contributed by atoms with Gasteiger partial charge in [0.15, 0.2) is 0 Å². The van der Waals surface area contributed by atoms with E-state index < -0.39 is 12.2 Å². The lowest BCUT2D eigenvalue weighted by atomic mass is 10.2. The van der Waals surface area contributed by atoms with Gasteiger partial charge in [-0.15, -0.1) is 0 Å². The smallest absolute Gasteiger partial charge is 0.410 e. The Balaban J connectivity index is 2.42. The van der Waals surface area contributed by atoms with Crippen LogP contribution in [0.25, 0.3) is 0 Å². The molecule has 0 aliphatic carbocycles. The highest BCUT2D eigenvalue weighted by atomic mass is 16.6. The number of amides is 1. The van der Waals surface area contributed by atoms with E-state index in [1.807, 2.05) is 37.3 Å². The van der Waals surface area contributed by atoms with Gasteiger partial charge in [0.05, 0.1) is 6.10 Å². The van der Waals surface area contributed by atoms with E-state index >= 15 is 0 Å². The van der Waals surface area contributed by atoms with Crippen molar-refractivity contribution in [3.05, 3.63) is 35.9 Å². The van der Waals surface area contributed by atoms with Crippen molar-refractivity contribution < 1.29 is 14.6 Å². The van der Waals surface area contributed by atoms with E-state index in [-0.39, 0.29) is 6.61 Å². The van der Waals surface area contributed by atoms with Crippen LogP contribution in [-0.4, -0.2) is 35.3 Å². The van der Waals surface area contributed by atoms with E-state index in [1.165, 1.54) is 4.90 Å². The molecule has 0 aromatic heterocycles. The number of ether oxygens (including phenoxy) is 1. The molecule has 1 amide bonds.